The summed E-state index contributed by atoms with van der Waals surface area (Å²) >= 11 is 0. The van der Waals surface area contributed by atoms with Gasteiger partial charge in [0.05, 0.1) is 28.1 Å². The van der Waals surface area contributed by atoms with Gasteiger partial charge in [0.15, 0.2) is 8.07 Å². The van der Waals surface area contributed by atoms with E-state index in [0.717, 1.165) is 39.4 Å². The smallest absolute Gasteiger partial charge is 0.184 e. The first-order valence-corrected chi connectivity index (χ1v) is 29.5. The molecule has 0 fully saturated rings. The molecule has 0 N–H and O–H groups in total. The van der Waals surface area contributed by atoms with Crippen LogP contribution in [0.4, 0.5) is 22.7 Å². The summed E-state index contributed by atoms with van der Waals surface area (Å²) in [7, 11) is -3.02. The van der Waals surface area contributed by atoms with Gasteiger partial charge in [0.1, 0.15) is 24.0 Å². The SMILES string of the molecule is CC(C)(C)c1cc(-c2cccc(-c3ccccc3)c2N2CN3c4cc(Oc5ccc6c7ccccc7n(-c7cc(C(C)(C)C)ccn7)c6c5)ccc4[Si](c4ccccc4)(c4ccccc4)c4cccc2c43)cc(C(C)(C)C)c1. The molecular weight excluding hydrogens is 965 g/mol. The average Bonchev–Trinajstić information content (AvgIpc) is 4.17. The van der Waals surface area contributed by atoms with Gasteiger partial charge in [0.2, 0.25) is 0 Å². The van der Waals surface area contributed by atoms with E-state index in [4.69, 9.17) is 9.72 Å². The molecule has 0 radical (unpaired) electrons. The largest absolute Gasteiger partial charge is 0.457 e. The van der Waals surface area contributed by atoms with Crippen LogP contribution in [0.5, 0.6) is 11.5 Å². The van der Waals surface area contributed by atoms with Crippen molar-refractivity contribution in [2.75, 3.05) is 16.5 Å². The molecule has 384 valence electrons. The van der Waals surface area contributed by atoms with Crippen molar-refractivity contribution < 1.29 is 4.74 Å². The zero-order chi connectivity index (χ0) is 53.7. The molecule has 78 heavy (non-hydrogen) atoms. The average molecular weight is 1030 g/mol. The molecule has 0 spiro atoms. The maximum absolute atomic E-state index is 7.18. The Morgan fingerprint density at radius 2 is 0.974 bits per heavy atom. The second kappa shape index (κ2) is 18.4. The molecule has 0 unspecified atom stereocenters. The van der Waals surface area contributed by atoms with Gasteiger partial charge in [-0.2, -0.15) is 0 Å². The quantitative estimate of drug-likeness (QED) is 0.142. The van der Waals surface area contributed by atoms with Crippen LogP contribution < -0.4 is 35.3 Å². The first-order chi connectivity index (χ1) is 37.6. The summed E-state index contributed by atoms with van der Waals surface area (Å²) in [5.74, 6) is 2.44. The van der Waals surface area contributed by atoms with E-state index in [-0.39, 0.29) is 16.2 Å². The maximum Gasteiger partial charge on any atom is 0.184 e. The number of aromatic nitrogens is 2. The summed E-state index contributed by atoms with van der Waals surface area (Å²) < 4.78 is 9.47. The third-order valence-corrected chi connectivity index (χ3v) is 21.3. The Balaban J connectivity index is 1.03. The lowest BCUT2D eigenvalue weighted by atomic mass is 9.78. The van der Waals surface area contributed by atoms with E-state index in [1.165, 1.54) is 82.1 Å². The van der Waals surface area contributed by atoms with Crippen LogP contribution in [0.15, 0.2) is 225 Å². The standard InChI is InChI=1S/C72H66N4OSi/c1-70(2,3)50-39-40-73-67(44-50)76-61-32-20-19-29-59(61)60-37-35-53(45-63(60)76)77-54-36-38-65-64(46-54)75-47-74(62-33-22-34-66(69(62)75)78(65,55-25-15-11-16-26-55)56-27-17-12-18-28-56)68-57(48-23-13-10-14-24-48)30-21-31-58(68)49-41-51(71(4,5)6)43-52(42-49)72(7,8)9/h10-46H,47H2,1-9H3. The summed E-state index contributed by atoms with van der Waals surface area (Å²) in [6, 6.07) is 81.4. The fourth-order valence-corrected chi connectivity index (χ4v) is 17.5. The fourth-order valence-electron chi connectivity index (χ4n) is 12.4. The lowest BCUT2D eigenvalue weighted by molar-refractivity contribution is 0.483. The first kappa shape index (κ1) is 49.1. The minimum atomic E-state index is -3.02. The number of fused-ring (bicyclic) bond motifs is 5. The van der Waals surface area contributed by atoms with Gasteiger partial charge in [-0.15, -0.1) is 0 Å². The van der Waals surface area contributed by atoms with Crippen LogP contribution in [0.1, 0.15) is 79.0 Å². The number of benzene rings is 9. The normalized spacial score (nSPS) is 14.0. The lowest BCUT2D eigenvalue weighted by Gasteiger charge is -2.43. The van der Waals surface area contributed by atoms with E-state index < -0.39 is 8.07 Å². The number of anilines is 4. The Morgan fingerprint density at radius 1 is 0.410 bits per heavy atom. The van der Waals surface area contributed by atoms with Gasteiger partial charge in [-0.1, -0.05) is 226 Å². The van der Waals surface area contributed by atoms with Crippen molar-refractivity contribution in [2.24, 2.45) is 0 Å². The molecule has 2 aliphatic heterocycles. The van der Waals surface area contributed by atoms with Gasteiger partial charge in [-0.05, 0) is 107 Å². The van der Waals surface area contributed by atoms with Crippen molar-refractivity contribution >= 4 is 73.4 Å². The van der Waals surface area contributed by atoms with Gasteiger partial charge in [-0.3, -0.25) is 4.57 Å². The van der Waals surface area contributed by atoms with Crippen molar-refractivity contribution in [1.29, 1.82) is 0 Å². The van der Waals surface area contributed by atoms with Crippen LogP contribution in [0, 0.1) is 0 Å². The zero-order valence-electron chi connectivity index (χ0n) is 46.3. The van der Waals surface area contributed by atoms with Gasteiger partial charge >= 0.3 is 0 Å². The molecule has 2 aromatic heterocycles. The van der Waals surface area contributed by atoms with E-state index in [0.29, 0.717) is 6.67 Å². The number of pyridine rings is 1. The van der Waals surface area contributed by atoms with Crippen molar-refractivity contribution in [3.8, 4) is 39.6 Å². The van der Waals surface area contributed by atoms with Gasteiger partial charge in [0, 0.05) is 45.9 Å². The molecule has 13 rings (SSSR count). The summed E-state index contributed by atoms with van der Waals surface area (Å²) in [6.45, 7) is 21.4. The van der Waals surface area contributed by atoms with Crippen LogP contribution in [0.2, 0.25) is 0 Å². The fraction of sp³-hybridized carbons (Fsp3) is 0.181. The van der Waals surface area contributed by atoms with Crippen molar-refractivity contribution in [3.63, 3.8) is 0 Å². The molecule has 0 amide bonds. The monoisotopic (exact) mass is 1030 g/mol. The highest BCUT2D eigenvalue weighted by molar-refractivity contribution is 7.21. The van der Waals surface area contributed by atoms with E-state index in [1.54, 1.807) is 0 Å². The Bertz CT molecular complexity index is 4030. The van der Waals surface area contributed by atoms with E-state index in [2.05, 4.69) is 295 Å². The number of hydrogen-bond acceptors (Lipinski definition) is 4. The van der Waals surface area contributed by atoms with Crippen LogP contribution in [0.25, 0.3) is 49.9 Å². The number of para-hydroxylation sites is 3. The predicted octanol–water partition coefficient (Wildman–Crippen LogP) is 16.1. The summed E-state index contributed by atoms with van der Waals surface area (Å²) in [4.78, 5) is 10.2. The van der Waals surface area contributed by atoms with Gasteiger partial charge in [0.25, 0.3) is 0 Å². The molecule has 4 heterocycles. The highest BCUT2D eigenvalue weighted by Gasteiger charge is 2.52. The Kier molecular flexibility index (Phi) is 11.6. The second-order valence-corrected chi connectivity index (χ2v) is 28.2. The van der Waals surface area contributed by atoms with Crippen LogP contribution in [0.3, 0.4) is 0 Å². The number of rotatable bonds is 8. The molecule has 0 saturated heterocycles. The molecule has 0 atom stereocenters. The van der Waals surface area contributed by atoms with Crippen LogP contribution in [-0.2, 0) is 16.2 Å². The minimum Gasteiger partial charge on any atom is -0.457 e. The van der Waals surface area contributed by atoms with Crippen LogP contribution in [-0.4, -0.2) is 24.3 Å². The molecule has 9 aromatic carbocycles. The predicted molar refractivity (Wildman–Crippen MR) is 331 cm³/mol. The number of hydrogen-bond donors (Lipinski definition) is 0. The molecule has 11 aromatic rings. The Morgan fingerprint density at radius 3 is 1.64 bits per heavy atom. The molecular formula is C72H66N4OSi. The van der Waals surface area contributed by atoms with E-state index in [1.807, 2.05) is 6.20 Å². The molecule has 5 nitrogen and oxygen atoms in total. The van der Waals surface area contributed by atoms with Gasteiger partial charge < -0.3 is 14.5 Å². The van der Waals surface area contributed by atoms with Crippen molar-refractivity contribution in [3.05, 3.63) is 241 Å². The highest BCUT2D eigenvalue weighted by atomic mass is 28.3. The Labute approximate surface area is 461 Å². The van der Waals surface area contributed by atoms with Crippen molar-refractivity contribution in [1.82, 2.24) is 9.55 Å². The van der Waals surface area contributed by atoms with Crippen LogP contribution >= 0.6 is 0 Å². The molecule has 0 aliphatic carbocycles. The summed E-state index contributed by atoms with van der Waals surface area (Å²) in [6.07, 6.45) is 1.94. The molecule has 6 heteroatoms. The lowest BCUT2D eigenvalue weighted by Crippen LogP contribution is -2.77. The van der Waals surface area contributed by atoms with E-state index >= 15 is 0 Å². The van der Waals surface area contributed by atoms with E-state index in [9.17, 15) is 0 Å². The molecule has 2 aliphatic rings. The highest BCUT2D eigenvalue weighted by Crippen LogP contribution is 2.52. The third-order valence-electron chi connectivity index (χ3n) is 16.4. The maximum atomic E-state index is 7.18. The Hall–Kier alpha value is -8.45. The van der Waals surface area contributed by atoms with Gasteiger partial charge in [-0.25, -0.2) is 4.98 Å². The molecule has 0 bridgehead atoms. The summed E-state index contributed by atoms with van der Waals surface area (Å²) in [5.41, 5.74) is 15.6. The minimum absolute atomic E-state index is 0.0337. The topological polar surface area (TPSA) is 33.5 Å². The first-order valence-electron chi connectivity index (χ1n) is 27.5. The summed E-state index contributed by atoms with van der Waals surface area (Å²) in [5, 5.41) is 7.75. The van der Waals surface area contributed by atoms with Crippen molar-refractivity contribution in [2.45, 2.75) is 78.6 Å². The molecule has 0 saturated carbocycles. The number of nitrogens with zero attached hydrogens (tertiary/aromatic N) is 4. The number of ether oxygens (including phenoxy) is 1. The third kappa shape index (κ3) is 8.07. The second-order valence-electron chi connectivity index (χ2n) is 24.5. The zero-order valence-corrected chi connectivity index (χ0v) is 47.3.